The Labute approximate surface area is 75.5 Å². The molecule has 0 aromatic rings. The van der Waals surface area contributed by atoms with Crippen LogP contribution in [0.4, 0.5) is 0 Å². The number of rotatable bonds is 4. The highest BCUT2D eigenvalue weighted by molar-refractivity contribution is 5.81. The highest BCUT2D eigenvalue weighted by atomic mass is 16.4. The van der Waals surface area contributed by atoms with Crippen molar-refractivity contribution in [1.82, 2.24) is 4.90 Å². The maximum atomic E-state index is 10.7. The Kier molecular flexibility index (Phi) is 2.84. The summed E-state index contributed by atoms with van der Waals surface area (Å²) >= 11 is 0. The molecule has 1 saturated heterocycles. The summed E-state index contributed by atoms with van der Waals surface area (Å²) in [6, 6.07) is -1.27. The number of hydrogen-bond acceptors (Lipinski definition) is 4. The van der Waals surface area contributed by atoms with Crippen LogP contribution in [-0.4, -0.2) is 47.1 Å². The van der Waals surface area contributed by atoms with E-state index in [0.717, 1.165) is 0 Å². The van der Waals surface area contributed by atoms with Gasteiger partial charge in [0, 0.05) is 13.1 Å². The van der Waals surface area contributed by atoms with Crippen LogP contribution >= 0.6 is 0 Å². The molecule has 1 aliphatic rings. The lowest BCUT2D eigenvalue weighted by molar-refractivity contribution is -0.141. The minimum absolute atomic E-state index is 0.183. The molecule has 5 N–H and O–H groups in total. The van der Waals surface area contributed by atoms with Gasteiger partial charge in [0.1, 0.15) is 6.04 Å². The number of primary amides is 1. The van der Waals surface area contributed by atoms with E-state index in [1.54, 1.807) is 4.90 Å². The number of carboxylic acids is 1. The third-order valence-corrected chi connectivity index (χ3v) is 2.21. The van der Waals surface area contributed by atoms with Crippen LogP contribution in [0.15, 0.2) is 0 Å². The van der Waals surface area contributed by atoms with Gasteiger partial charge in [0.2, 0.25) is 5.91 Å². The third kappa shape index (κ3) is 2.16. The first-order valence-electron chi connectivity index (χ1n) is 4.04. The molecule has 1 aliphatic heterocycles. The number of aliphatic carboxylic acids is 1. The molecule has 0 aromatic carbocycles. The lowest BCUT2D eigenvalue weighted by Crippen LogP contribution is -2.58. The Morgan fingerprint density at radius 2 is 2.23 bits per heavy atom. The largest absolute Gasteiger partial charge is 0.480 e. The molecule has 0 saturated carbocycles. The average molecular weight is 187 g/mol. The molecule has 0 aromatic heterocycles. The molecule has 1 amide bonds. The first-order chi connectivity index (χ1) is 6.02. The van der Waals surface area contributed by atoms with Crippen molar-refractivity contribution >= 4 is 11.9 Å². The van der Waals surface area contributed by atoms with Crippen LogP contribution in [0, 0.1) is 0 Å². The summed E-state index contributed by atoms with van der Waals surface area (Å²) < 4.78 is 0. The van der Waals surface area contributed by atoms with Crippen molar-refractivity contribution in [2.45, 2.75) is 18.5 Å². The molecule has 0 spiro atoms. The van der Waals surface area contributed by atoms with Gasteiger partial charge in [-0.05, 0) is 6.42 Å². The number of amides is 1. The lowest BCUT2D eigenvalue weighted by atomic mass is 10.0. The minimum Gasteiger partial charge on any atom is -0.480 e. The first-order valence-corrected chi connectivity index (χ1v) is 4.04. The van der Waals surface area contributed by atoms with Gasteiger partial charge >= 0.3 is 5.97 Å². The number of hydrogen-bond donors (Lipinski definition) is 3. The van der Waals surface area contributed by atoms with Crippen LogP contribution in [0.5, 0.6) is 0 Å². The van der Waals surface area contributed by atoms with Gasteiger partial charge in [-0.15, -0.1) is 0 Å². The van der Waals surface area contributed by atoms with Gasteiger partial charge < -0.3 is 16.6 Å². The highest BCUT2D eigenvalue weighted by Gasteiger charge is 2.34. The highest BCUT2D eigenvalue weighted by Crippen LogP contribution is 2.16. The van der Waals surface area contributed by atoms with Gasteiger partial charge in [0.15, 0.2) is 0 Å². The Bertz CT molecular complexity index is 231. The van der Waals surface area contributed by atoms with Gasteiger partial charge in [0.25, 0.3) is 0 Å². The summed E-state index contributed by atoms with van der Waals surface area (Å²) in [6.07, 6.45) is 0.696. The second-order valence-corrected chi connectivity index (χ2v) is 3.15. The monoisotopic (exact) mass is 187 g/mol. The van der Waals surface area contributed by atoms with Crippen LogP contribution in [-0.2, 0) is 9.59 Å². The zero-order chi connectivity index (χ0) is 10.0. The molecule has 6 heteroatoms. The molecule has 0 radical (unpaired) electrons. The van der Waals surface area contributed by atoms with Gasteiger partial charge in [-0.25, -0.2) is 0 Å². The number of carboxylic acid groups (broad SMARTS) is 1. The Morgan fingerprint density at radius 3 is 2.54 bits per heavy atom. The number of likely N-dealkylation sites (tertiary alicyclic amines) is 1. The van der Waals surface area contributed by atoms with E-state index in [1.165, 1.54) is 0 Å². The van der Waals surface area contributed by atoms with Crippen molar-refractivity contribution < 1.29 is 14.7 Å². The molecule has 2 atom stereocenters. The molecule has 13 heavy (non-hydrogen) atoms. The zero-order valence-electron chi connectivity index (χ0n) is 7.14. The maximum absolute atomic E-state index is 10.7. The number of carbonyl (C=O) groups is 2. The molecule has 1 rings (SSSR count). The number of carbonyl (C=O) groups excluding carboxylic acids is 1. The van der Waals surface area contributed by atoms with Crippen molar-refractivity contribution in [2.24, 2.45) is 11.5 Å². The van der Waals surface area contributed by atoms with Crippen molar-refractivity contribution in [1.29, 1.82) is 0 Å². The van der Waals surface area contributed by atoms with E-state index >= 15 is 0 Å². The van der Waals surface area contributed by atoms with Crippen LogP contribution in [0.1, 0.15) is 6.42 Å². The van der Waals surface area contributed by atoms with Crippen LogP contribution in [0.3, 0.4) is 0 Å². The van der Waals surface area contributed by atoms with Crippen molar-refractivity contribution in [3.8, 4) is 0 Å². The third-order valence-electron chi connectivity index (χ3n) is 2.21. The van der Waals surface area contributed by atoms with E-state index in [0.29, 0.717) is 13.0 Å². The fourth-order valence-electron chi connectivity index (χ4n) is 1.31. The standard InChI is InChI=1S/C7H13N3O3/c8-4(7(12)13)3-10-2-1-5(10)6(9)11/h4-5H,1-3,8H2,(H2,9,11)(H,12,13). The quantitative estimate of drug-likeness (QED) is 0.469. The normalized spacial score (nSPS) is 24.8. The molecule has 1 fully saturated rings. The summed E-state index contributed by atoms with van der Waals surface area (Å²) in [5.74, 6) is -1.47. The van der Waals surface area contributed by atoms with Crippen LogP contribution in [0.2, 0.25) is 0 Å². The molecule has 0 aliphatic carbocycles. The summed E-state index contributed by atoms with van der Waals surface area (Å²) in [5.41, 5.74) is 10.4. The second-order valence-electron chi connectivity index (χ2n) is 3.15. The smallest absolute Gasteiger partial charge is 0.321 e. The van der Waals surface area contributed by atoms with Gasteiger partial charge in [-0.3, -0.25) is 14.5 Å². The molecular formula is C7H13N3O3. The Morgan fingerprint density at radius 1 is 1.62 bits per heavy atom. The summed E-state index contributed by atoms with van der Waals surface area (Å²) in [7, 11) is 0. The van der Waals surface area contributed by atoms with E-state index in [2.05, 4.69) is 0 Å². The molecule has 74 valence electrons. The van der Waals surface area contributed by atoms with Crippen molar-refractivity contribution in [3.05, 3.63) is 0 Å². The number of nitrogens with two attached hydrogens (primary N) is 2. The first kappa shape index (κ1) is 9.94. The average Bonchev–Trinajstić information content (AvgIpc) is 1.95. The predicted octanol–water partition coefficient (Wildman–Crippen LogP) is -2.04. The van der Waals surface area contributed by atoms with E-state index in [1.807, 2.05) is 0 Å². The van der Waals surface area contributed by atoms with E-state index in [4.69, 9.17) is 16.6 Å². The zero-order valence-corrected chi connectivity index (χ0v) is 7.14. The minimum atomic E-state index is -1.06. The SMILES string of the molecule is NC(=O)C1CCN1CC(N)C(=O)O. The lowest BCUT2D eigenvalue weighted by Gasteiger charge is -2.39. The fraction of sp³-hybridized carbons (Fsp3) is 0.714. The van der Waals surface area contributed by atoms with Gasteiger partial charge in [0.05, 0.1) is 6.04 Å². The number of nitrogens with zero attached hydrogens (tertiary/aromatic N) is 1. The molecule has 2 unspecified atom stereocenters. The Hall–Kier alpha value is -1.14. The molecule has 6 nitrogen and oxygen atoms in total. The van der Waals surface area contributed by atoms with Crippen LogP contribution < -0.4 is 11.5 Å². The molecular weight excluding hydrogens is 174 g/mol. The summed E-state index contributed by atoms with van der Waals surface area (Å²) in [6.45, 7) is 0.873. The second kappa shape index (κ2) is 3.71. The maximum Gasteiger partial charge on any atom is 0.321 e. The fourth-order valence-corrected chi connectivity index (χ4v) is 1.31. The Balaban J connectivity index is 2.38. The van der Waals surface area contributed by atoms with Crippen LogP contribution in [0.25, 0.3) is 0 Å². The topological polar surface area (TPSA) is 110 Å². The summed E-state index contributed by atoms with van der Waals surface area (Å²) in [5, 5.41) is 8.51. The van der Waals surface area contributed by atoms with E-state index in [9.17, 15) is 9.59 Å². The summed E-state index contributed by atoms with van der Waals surface area (Å²) in [4.78, 5) is 22.8. The van der Waals surface area contributed by atoms with Crippen molar-refractivity contribution in [2.75, 3.05) is 13.1 Å². The van der Waals surface area contributed by atoms with Crippen molar-refractivity contribution in [3.63, 3.8) is 0 Å². The molecule has 0 bridgehead atoms. The van der Waals surface area contributed by atoms with Gasteiger partial charge in [-0.2, -0.15) is 0 Å². The predicted molar refractivity (Wildman–Crippen MR) is 44.8 cm³/mol. The van der Waals surface area contributed by atoms with E-state index in [-0.39, 0.29) is 12.6 Å². The van der Waals surface area contributed by atoms with Gasteiger partial charge in [-0.1, -0.05) is 0 Å². The van der Waals surface area contributed by atoms with E-state index < -0.39 is 17.9 Å². The molecule has 1 heterocycles.